The molecule has 1 aliphatic carbocycles. The molecule has 0 unspecified atom stereocenters. The lowest BCUT2D eigenvalue weighted by Gasteiger charge is -2.27. The van der Waals surface area contributed by atoms with Crippen molar-refractivity contribution in [3.05, 3.63) is 34.6 Å². The van der Waals surface area contributed by atoms with E-state index in [9.17, 15) is 9.18 Å². The molecule has 1 saturated carbocycles. The Bertz CT molecular complexity index is 478. The van der Waals surface area contributed by atoms with Gasteiger partial charge in [0.15, 0.2) is 0 Å². The zero-order chi connectivity index (χ0) is 15.2. The van der Waals surface area contributed by atoms with Gasteiger partial charge in [0, 0.05) is 17.4 Å². The van der Waals surface area contributed by atoms with Gasteiger partial charge in [-0.25, -0.2) is 4.39 Å². The van der Waals surface area contributed by atoms with Crippen molar-refractivity contribution in [3.63, 3.8) is 0 Å². The SMILES string of the molecule is CCCCC1CCC(C(=O)Cc2ccc(F)cc2Cl)CC1. The van der Waals surface area contributed by atoms with Gasteiger partial charge in [-0.3, -0.25) is 4.79 Å². The van der Waals surface area contributed by atoms with Gasteiger partial charge < -0.3 is 0 Å². The van der Waals surface area contributed by atoms with Crippen LogP contribution in [0.3, 0.4) is 0 Å². The molecule has 0 N–H and O–H groups in total. The van der Waals surface area contributed by atoms with Gasteiger partial charge >= 0.3 is 0 Å². The van der Waals surface area contributed by atoms with Gasteiger partial charge in [0.25, 0.3) is 0 Å². The molecule has 1 aromatic rings. The molecule has 1 fully saturated rings. The molecule has 0 bridgehead atoms. The molecule has 0 spiro atoms. The first-order valence-corrected chi connectivity index (χ1v) is 8.44. The number of carbonyl (C=O) groups excluding carboxylic acids is 1. The van der Waals surface area contributed by atoms with Gasteiger partial charge in [0.05, 0.1) is 0 Å². The molecule has 3 heteroatoms. The van der Waals surface area contributed by atoms with Crippen molar-refractivity contribution in [1.82, 2.24) is 0 Å². The number of halogens is 2. The summed E-state index contributed by atoms with van der Waals surface area (Å²) in [6, 6.07) is 4.28. The first-order valence-electron chi connectivity index (χ1n) is 8.06. The summed E-state index contributed by atoms with van der Waals surface area (Å²) in [7, 11) is 0. The quantitative estimate of drug-likeness (QED) is 0.669. The molecule has 116 valence electrons. The number of carbonyl (C=O) groups is 1. The minimum absolute atomic E-state index is 0.170. The van der Waals surface area contributed by atoms with E-state index < -0.39 is 0 Å². The minimum atomic E-state index is -0.354. The van der Waals surface area contributed by atoms with E-state index in [1.807, 2.05) is 0 Å². The molecule has 0 aromatic heterocycles. The number of ketones is 1. The number of Topliss-reactive ketones (excluding diaryl/α,β-unsaturated/α-hetero) is 1. The number of benzene rings is 1. The third-order valence-corrected chi connectivity index (χ3v) is 5.00. The summed E-state index contributed by atoms with van der Waals surface area (Å²) in [5.74, 6) is 0.887. The van der Waals surface area contributed by atoms with E-state index in [-0.39, 0.29) is 17.5 Å². The molecule has 1 aromatic carbocycles. The maximum Gasteiger partial charge on any atom is 0.140 e. The lowest BCUT2D eigenvalue weighted by Crippen LogP contribution is -2.23. The third-order valence-electron chi connectivity index (χ3n) is 4.65. The molecule has 0 amide bonds. The standard InChI is InChI=1S/C18H24ClFO/c1-2-3-4-13-5-7-14(8-6-13)18(21)11-15-9-10-16(20)12-17(15)19/h9-10,12-14H,2-8,11H2,1H3. The van der Waals surface area contributed by atoms with Crippen LogP contribution in [-0.2, 0) is 11.2 Å². The lowest BCUT2D eigenvalue weighted by atomic mass is 9.77. The van der Waals surface area contributed by atoms with Gasteiger partial charge in [-0.15, -0.1) is 0 Å². The third kappa shape index (κ3) is 4.81. The maximum absolute atomic E-state index is 13.0. The second kappa shape index (κ2) is 7.93. The highest BCUT2D eigenvalue weighted by Gasteiger charge is 2.26. The molecule has 21 heavy (non-hydrogen) atoms. The minimum Gasteiger partial charge on any atom is -0.299 e. The summed E-state index contributed by atoms with van der Waals surface area (Å²) in [6.07, 6.45) is 8.56. The summed E-state index contributed by atoms with van der Waals surface area (Å²) in [5, 5.41) is 0.361. The Morgan fingerprint density at radius 1 is 1.29 bits per heavy atom. The van der Waals surface area contributed by atoms with Gasteiger partial charge in [-0.2, -0.15) is 0 Å². The van der Waals surface area contributed by atoms with E-state index in [2.05, 4.69) is 6.92 Å². The highest BCUT2D eigenvalue weighted by atomic mass is 35.5. The normalized spacial score (nSPS) is 22.2. The number of unbranched alkanes of at least 4 members (excludes halogenated alkanes) is 1. The predicted molar refractivity (Wildman–Crippen MR) is 85.1 cm³/mol. The molecular formula is C18H24ClFO. The van der Waals surface area contributed by atoms with E-state index in [1.54, 1.807) is 6.07 Å². The molecule has 1 aliphatic rings. The van der Waals surface area contributed by atoms with E-state index in [1.165, 1.54) is 44.2 Å². The van der Waals surface area contributed by atoms with Crippen LogP contribution >= 0.6 is 11.6 Å². The van der Waals surface area contributed by atoms with Crippen LogP contribution in [0, 0.1) is 17.7 Å². The van der Waals surface area contributed by atoms with E-state index >= 15 is 0 Å². The molecule has 2 rings (SSSR count). The Labute approximate surface area is 131 Å². The molecule has 0 radical (unpaired) electrons. The average Bonchev–Trinajstić information content (AvgIpc) is 2.48. The van der Waals surface area contributed by atoms with Crippen molar-refractivity contribution >= 4 is 17.4 Å². The second-order valence-corrected chi connectivity index (χ2v) is 6.65. The zero-order valence-electron chi connectivity index (χ0n) is 12.7. The predicted octanol–water partition coefficient (Wildman–Crippen LogP) is 5.59. The van der Waals surface area contributed by atoms with Crippen LogP contribution in [0.5, 0.6) is 0 Å². The summed E-state index contributed by atoms with van der Waals surface area (Å²) < 4.78 is 13.0. The van der Waals surface area contributed by atoms with Crippen molar-refractivity contribution in [1.29, 1.82) is 0 Å². The largest absolute Gasteiger partial charge is 0.299 e. The number of hydrogen-bond acceptors (Lipinski definition) is 1. The van der Waals surface area contributed by atoms with Crippen LogP contribution in [0.25, 0.3) is 0 Å². The fourth-order valence-electron chi connectivity index (χ4n) is 3.26. The monoisotopic (exact) mass is 310 g/mol. The van der Waals surface area contributed by atoms with Gasteiger partial charge in [-0.1, -0.05) is 43.9 Å². The summed E-state index contributed by atoms with van der Waals surface area (Å²) in [4.78, 5) is 12.4. The molecular weight excluding hydrogens is 287 g/mol. The fraction of sp³-hybridized carbons (Fsp3) is 0.611. The highest BCUT2D eigenvalue weighted by molar-refractivity contribution is 6.31. The molecule has 0 saturated heterocycles. The van der Waals surface area contributed by atoms with Crippen LogP contribution in [0.15, 0.2) is 18.2 Å². The maximum atomic E-state index is 13.0. The van der Waals surface area contributed by atoms with Crippen molar-refractivity contribution in [2.75, 3.05) is 0 Å². The summed E-state index contributed by atoms with van der Waals surface area (Å²) >= 11 is 6.00. The lowest BCUT2D eigenvalue weighted by molar-refractivity contribution is -0.123. The first kappa shape index (κ1) is 16.5. The topological polar surface area (TPSA) is 17.1 Å². The van der Waals surface area contributed by atoms with Crippen LogP contribution in [0.2, 0.25) is 5.02 Å². The van der Waals surface area contributed by atoms with Crippen molar-refractivity contribution in [2.24, 2.45) is 11.8 Å². The van der Waals surface area contributed by atoms with Gasteiger partial charge in [-0.05, 0) is 49.3 Å². The average molecular weight is 311 g/mol. The summed E-state index contributed by atoms with van der Waals surface area (Å²) in [6.45, 7) is 2.22. The Hall–Kier alpha value is -0.890. The van der Waals surface area contributed by atoms with Crippen molar-refractivity contribution in [3.8, 4) is 0 Å². The Morgan fingerprint density at radius 2 is 2.00 bits per heavy atom. The molecule has 1 nitrogen and oxygen atoms in total. The van der Waals surface area contributed by atoms with Gasteiger partial charge in [0.2, 0.25) is 0 Å². The van der Waals surface area contributed by atoms with Crippen molar-refractivity contribution in [2.45, 2.75) is 58.3 Å². The molecule has 0 atom stereocenters. The first-order chi connectivity index (χ1) is 10.1. The van der Waals surface area contributed by atoms with E-state index in [0.717, 1.165) is 24.3 Å². The Morgan fingerprint density at radius 3 is 2.62 bits per heavy atom. The van der Waals surface area contributed by atoms with Crippen molar-refractivity contribution < 1.29 is 9.18 Å². The Balaban J connectivity index is 1.84. The van der Waals surface area contributed by atoms with Gasteiger partial charge in [0.1, 0.15) is 11.6 Å². The second-order valence-electron chi connectivity index (χ2n) is 6.24. The molecule has 0 aliphatic heterocycles. The number of rotatable bonds is 6. The Kier molecular flexibility index (Phi) is 6.22. The van der Waals surface area contributed by atoms with E-state index in [0.29, 0.717) is 11.4 Å². The molecule has 0 heterocycles. The van der Waals surface area contributed by atoms with Crippen LogP contribution < -0.4 is 0 Å². The van der Waals surface area contributed by atoms with Crippen LogP contribution in [-0.4, -0.2) is 5.78 Å². The highest BCUT2D eigenvalue weighted by Crippen LogP contribution is 2.33. The number of hydrogen-bond donors (Lipinski definition) is 0. The smallest absolute Gasteiger partial charge is 0.140 e. The van der Waals surface area contributed by atoms with Crippen LogP contribution in [0.1, 0.15) is 57.4 Å². The fourth-order valence-corrected chi connectivity index (χ4v) is 3.50. The summed E-state index contributed by atoms with van der Waals surface area (Å²) in [5.41, 5.74) is 0.746. The van der Waals surface area contributed by atoms with Crippen LogP contribution in [0.4, 0.5) is 4.39 Å². The zero-order valence-corrected chi connectivity index (χ0v) is 13.5. The van der Waals surface area contributed by atoms with E-state index in [4.69, 9.17) is 11.6 Å².